The molecule has 0 radical (unpaired) electrons. The number of hydrogen-bond acceptors (Lipinski definition) is 4. The van der Waals surface area contributed by atoms with Crippen LogP contribution < -0.4 is 10.5 Å². The van der Waals surface area contributed by atoms with Crippen molar-refractivity contribution in [2.75, 3.05) is 13.7 Å². The highest BCUT2D eigenvalue weighted by molar-refractivity contribution is 7.07. The van der Waals surface area contributed by atoms with Crippen LogP contribution in [0.3, 0.4) is 0 Å². The van der Waals surface area contributed by atoms with E-state index < -0.39 is 0 Å². The molecule has 1 unspecified atom stereocenters. The first kappa shape index (κ1) is 13.1. The standard InChI is InChI=1S/C14H17NO2S/c1-16-13-4-2-3-11(7-13)9-17-14(8-15)12-5-6-18-10-12/h2-7,10,14H,8-9,15H2,1H3. The van der Waals surface area contributed by atoms with Gasteiger partial charge in [0.15, 0.2) is 0 Å². The highest BCUT2D eigenvalue weighted by Crippen LogP contribution is 2.21. The minimum absolute atomic E-state index is 0.0394. The molecule has 0 bridgehead atoms. The van der Waals surface area contributed by atoms with Gasteiger partial charge in [-0.25, -0.2) is 0 Å². The molecule has 0 aliphatic rings. The van der Waals surface area contributed by atoms with E-state index >= 15 is 0 Å². The van der Waals surface area contributed by atoms with E-state index in [4.69, 9.17) is 15.2 Å². The van der Waals surface area contributed by atoms with Gasteiger partial charge in [-0.15, -0.1) is 0 Å². The van der Waals surface area contributed by atoms with Gasteiger partial charge in [-0.2, -0.15) is 11.3 Å². The van der Waals surface area contributed by atoms with Crippen molar-refractivity contribution in [3.05, 3.63) is 52.2 Å². The number of benzene rings is 1. The molecule has 18 heavy (non-hydrogen) atoms. The minimum Gasteiger partial charge on any atom is -0.497 e. The molecule has 2 rings (SSSR count). The van der Waals surface area contributed by atoms with Crippen molar-refractivity contribution >= 4 is 11.3 Å². The van der Waals surface area contributed by atoms with E-state index in [9.17, 15) is 0 Å². The zero-order valence-corrected chi connectivity index (χ0v) is 11.2. The summed E-state index contributed by atoms with van der Waals surface area (Å²) >= 11 is 1.66. The molecule has 0 saturated carbocycles. The molecule has 1 heterocycles. The molecular formula is C14H17NO2S. The Morgan fingerprint density at radius 3 is 2.89 bits per heavy atom. The number of methoxy groups -OCH3 is 1. The maximum atomic E-state index is 5.85. The predicted molar refractivity (Wildman–Crippen MR) is 73.9 cm³/mol. The van der Waals surface area contributed by atoms with Crippen LogP contribution in [0.15, 0.2) is 41.1 Å². The average molecular weight is 263 g/mol. The van der Waals surface area contributed by atoms with Crippen molar-refractivity contribution in [2.24, 2.45) is 5.73 Å². The third kappa shape index (κ3) is 3.32. The van der Waals surface area contributed by atoms with Gasteiger partial charge in [0, 0.05) is 6.54 Å². The summed E-state index contributed by atoms with van der Waals surface area (Å²) < 4.78 is 11.0. The van der Waals surface area contributed by atoms with Gasteiger partial charge >= 0.3 is 0 Å². The summed E-state index contributed by atoms with van der Waals surface area (Å²) in [6.07, 6.45) is -0.0394. The summed E-state index contributed by atoms with van der Waals surface area (Å²) in [7, 11) is 1.66. The maximum absolute atomic E-state index is 5.85. The lowest BCUT2D eigenvalue weighted by atomic mass is 10.2. The van der Waals surface area contributed by atoms with Gasteiger partial charge in [0.05, 0.1) is 19.8 Å². The van der Waals surface area contributed by atoms with E-state index in [0.717, 1.165) is 16.9 Å². The molecule has 96 valence electrons. The summed E-state index contributed by atoms with van der Waals surface area (Å²) in [6, 6.07) is 9.92. The summed E-state index contributed by atoms with van der Waals surface area (Å²) in [5.41, 5.74) is 7.97. The fourth-order valence-corrected chi connectivity index (χ4v) is 2.42. The van der Waals surface area contributed by atoms with Gasteiger partial charge in [0.25, 0.3) is 0 Å². The first-order valence-electron chi connectivity index (χ1n) is 5.80. The van der Waals surface area contributed by atoms with Crippen LogP contribution in [0, 0.1) is 0 Å². The summed E-state index contributed by atoms with van der Waals surface area (Å²) in [5, 5.41) is 4.11. The number of rotatable bonds is 6. The molecule has 3 nitrogen and oxygen atoms in total. The average Bonchev–Trinajstić information content (AvgIpc) is 2.94. The molecule has 4 heteroatoms. The predicted octanol–water partition coefficient (Wildman–Crippen LogP) is 2.97. The molecule has 1 atom stereocenters. The quantitative estimate of drug-likeness (QED) is 0.871. The normalized spacial score (nSPS) is 12.3. The topological polar surface area (TPSA) is 44.5 Å². The first-order valence-corrected chi connectivity index (χ1v) is 6.74. The number of ether oxygens (including phenoxy) is 2. The van der Waals surface area contributed by atoms with Gasteiger partial charge in [-0.05, 0) is 40.1 Å². The Bertz CT molecular complexity index is 470. The molecule has 2 aromatic rings. The Balaban J connectivity index is 1.97. The molecular weight excluding hydrogens is 246 g/mol. The summed E-state index contributed by atoms with van der Waals surface area (Å²) in [5.74, 6) is 0.843. The van der Waals surface area contributed by atoms with Gasteiger partial charge in [-0.3, -0.25) is 0 Å². The second-order valence-corrected chi connectivity index (χ2v) is 4.72. The smallest absolute Gasteiger partial charge is 0.119 e. The van der Waals surface area contributed by atoms with Crippen molar-refractivity contribution in [3.8, 4) is 5.75 Å². The fraction of sp³-hybridized carbons (Fsp3) is 0.286. The van der Waals surface area contributed by atoms with E-state index in [2.05, 4.69) is 5.38 Å². The number of thiophene rings is 1. The van der Waals surface area contributed by atoms with Crippen molar-refractivity contribution in [3.63, 3.8) is 0 Å². The Morgan fingerprint density at radius 2 is 2.22 bits per heavy atom. The van der Waals surface area contributed by atoms with Gasteiger partial charge in [0.2, 0.25) is 0 Å². The van der Waals surface area contributed by atoms with E-state index in [0.29, 0.717) is 13.2 Å². The van der Waals surface area contributed by atoms with Crippen molar-refractivity contribution in [2.45, 2.75) is 12.7 Å². The second-order valence-electron chi connectivity index (χ2n) is 3.94. The van der Waals surface area contributed by atoms with Gasteiger partial charge in [-0.1, -0.05) is 12.1 Å². The monoisotopic (exact) mass is 263 g/mol. The van der Waals surface area contributed by atoms with Crippen molar-refractivity contribution < 1.29 is 9.47 Å². The van der Waals surface area contributed by atoms with Crippen LogP contribution >= 0.6 is 11.3 Å². The third-order valence-corrected chi connectivity index (χ3v) is 3.42. The van der Waals surface area contributed by atoms with Gasteiger partial charge in [0.1, 0.15) is 5.75 Å². The molecule has 0 aliphatic heterocycles. The molecule has 1 aromatic heterocycles. The fourth-order valence-electron chi connectivity index (χ4n) is 1.72. The van der Waals surface area contributed by atoms with Gasteiger partial charge < -0.3 is 15.2 Å². The summed E-state index contributed by atoms with van der Waals surface area (Å²) in [4.78, 5) is 0. The molecule has 0 fully saturated rings. The Morgan fingerprint density at radius 1 is 1.33 bits per heavy atom. The molecule has 0 saturated heterocycles. The van der Waals surface area contributed by atoms with Crippen LogP contribution in [0.1, 0.15) is 17.2 Å². The Hall–Kier alpha value is -1.36. The van der Waals surface area contributed by atoms with Crippen LogP contribution in [-0.2, 0) is 11.3 Å². The molecule has 2 N–H and O–H groups in total. The second kappa shape index (κ2) is 6.54. The lowest BCUT2D eigenvalue weighted by Crippen LogP contribution is -2.15. The highest BCUT2D eigenvalue weighted by Gasteiger charge is 2.10. The molecule has 0 amide bonds. The third-order valence-electron chi connectivity index (χ3n) is 2.71. The van der Waals surface area contributed by atoms with Crippen LogP contribution in [-0.4, -0.2) is 13.7 Å². The van der Waals surface area contributed by atoms with Crippen LogP contribution in [0.5, 0.6) is 5.75 Å². The van der Waals surface area contributed by atoms with Crippen molar-refractivity contribution in [1.82, 2.24) is 0 Å². The molecule has 0 aliphatic carbocycles. The van der Waals surface area contributed by atoms with E-state index in [1.54, 1.807) is 18.4 Å². The molecule has 1 aromatic carbocycles. The maximum Gasteiger partial charge on any atom is 0.119 e. The minimum atomic E-state index is -0.0394. The lowest BCUT2D eigenvalue weighted by Gasteiger charge is -2.15. The Kier molecular flexibility index (Phi) is 4.75. The Labute approximate surface area is 111 Å². The lowest BCUT2D eigenvalue weighted by molar-refractivity contribution is 0.0458. The SMILES string of the molecule is COc1cccc(COC(CN)c2ccsc2)c1. The summed E-state index contributed by atoms with van der Waals surface area (Å²) in [6.45, 7) is 1.02. The van der Waals surface area contributed by atoms with E-state index in [1.807, 2.05) is 35.7 Å². The molecule has 0 spiro atoms. The van der Waals surface area contributed by atoms with E-state index in [-0.39, 0.29) is 6.10 Å². The van der Waals surface area contributed by atoms with E-state index in [1.165, 1.54) is 0 Å². The largest absolute Gasteiger partial charge is 0.497 e. The van der Waals surface area contributed by atoms with Crippen LogP contribution in [0.2, 0.25) is 0 Å². The number of hydrogen-bond donors (Lipinski definition) is 1. The number of nitrogens with two attached hydrogens (primary N) is 1. The van der Waals surface area contributed by atoms with Crippen LogP contribution in [0.25, 0.3) is 0 Å². The zero-order valence-electron chi connectivity index (χ0n) is 10.3. The van der Waals surface area contributed by atoms with Crippen molar-refractivity contribution in [1.29, 1.82) is 0 Å². The van der Waals surface area contributed by atoms with Crippen LogP contribution in [0.4, 0.5) is 0 Å². The highest BCUT2D eigenvalue weighted by atomic mass is 32.1. The zero-order chi connectivity index (χ0) is 12.8. The first-order chi connectivity index (χ1) is 8.83.